The zero-order chi connectivity index (χ0) is 22.6. The van der Waals surface area contributed by atoms with Gasteiger partial charge in [0.1, 0.15) is 5.75 Å². The number of hydrogen-bond donors (Lipinski definition) is 1. The molecule has 0 aliphatic carbocycles. The number of nitrogen functional groups attached to an aromatic ring is 1. The molecule has 0 amide bonds. The molecular formula is C25H23ClN6O. The van der Waals surface area contributed by atoms with Crippen molar-refractivity contribution in [2.45, 2.75) is 25.4 Å². The molecule has 0 saturated carbocycles. The van der Waals surface area contributed by atoms with Gasteiger partial charge < -0.3 is 10.5 Å². The molecule has 0 spiro atoms. The Balaban J connectivity index is 1.40. The van der Waals surface area contributed by atoms with E-state index in [9.17, 15) is 0 Å². The highest BCUT2D eigenvalue weighted by molar-refractivity contribution is 6.30. The van der Waals surface area contributed by atoms with Crippen LogP contribution in [0.15, 0.2) is 73.2 Å². The van der Waals surface area contributed by atoms with Crippen LogP contribution in [0.25, 0.3) is 11.1 Å². The standard InChI is InChI=1S/C25H23ClN6O/c26-19-9-7-18(8-10-19)21-15-30-24(27)31-23(21)22-6-2-13-32(22)16-17-4-1-5-20(14-17)33-25-28-11-3-12-29-25/h1,3-5,7-12,14-15,22H,2,6,13,16H2,(H2,27,30,31)/t22-/m1/s1. The molecule has 4 aromatic rings. The number of anilines is 1. The first-order chi connectivity index (χ1) is 16.2. The van der Waals surface area contributed by atoms with Gasteiger partial charge in [0, 0.05) is 35.7 Å². The van der Waals surface area contributed by atoms with E-state index in [1.165, 1.54) is 0 Å². The Kier molecular flexibility index (Phi) is 6.15. The summed E-state index contributed by atoms with van der Waals surface area (Å²) in [6.07, 6.45) is 7.22. The Morgan fingerprint density at radius 3 is 2.67 bits per heavy atom. The quantitative estimate of drug-likeness (QED) is 0.419. The van der Waals surface area contributed by atoms with Gasteiger partial charge in [0.15, 0.2) is 0 Å². The lowest BCUT2D eigenvalue weighted by Crippen LogP contribution is -2.24. The number of halogens is 1. The van der Waals surface area contributed by atoms with Crippen LogP contribution in [-0.2, 0) is 6.54 Å². The number of nitrogens with zero attached hydrogens (tertiary/aromatic N) is 5. The van der Waals surface area contributed by atoms with Crippen molar-refractivity contribution in [2.75, 3.05) is 12.3 Å². The molecule has 0 bridgehead atoms. The normalized spacial score (nSPS) is 16.1. The van der Waals surface area contributed by atoms with Gasteiger partial charge in [-0.15, -0.1) is 0 Å². The average molecular weight is 459 g/mol. The summed E-state index contributed by atoms with van der Waals surface area (Å²) in [5.41, 5.74) is 10.1. The molecule has 7 nitrogen and oxygen atoms in total. The summed E-state index contributed by atoms with van der Waals surface area (Å²) < 4.78 is 5.81. The monoisotopic (exact) mass is 458 g/mol. The molecule has 2 aromatic carbocycles. The molecular weight excluding hydrogens is 436 g/mol. The highest BCUT2D eigenvalue weighted by atomic mass is 35.5. The molecule has 1 saturated heterocycles. The first-order valence-electron chi connectivity index (χ1n) is 10.8. The predicted octanol–water partition coefficient (Wildman–Crippen LogP) is 5.30. The van der Waals surface area contributed by atoms with E-state index >= 15 is 0 Å². The Bertz CT molecular complexity index is 1240. The fraction of sp³-hybridized carbons (Fsp3) is 0.200. The van der Waals surface area contributed by atoms with Gasteiger partial charge in [-0.05, 0) is 60.8 Å². The predicted molar refractivity (Wildman–Crippen MR) is 128 cm³/mol. The van der Waals surface area contributed by atoms with Crippen molar-refractivity contribution < 1.29 is 4.74 Å². The Labute approximate surface area is 197 Å². The van der Waals surface area contributed by atoms with Crippen LogP contribution in [0, 0.1) is 0 Å². The molecule has 1 aliphatic rings. The lowest BCUT2D eigenvalue weighted by Gasteiger charge is -2.26. The van der Waals surface area contributed by atoms with Crippen molar-refractivity contribution >= 4 is 17.5 Å². The second-order valence-corrected chi connectivity index (χ2v) is 8.38. The van der Waals surface area contributed by atoms with E-state index in [1.807, 2.05) is 48.7 Å². The summed E-state index contributed by atoms with van der Waals surface area (Å²) in [6, 6.07) is 18.0. The van der Waals surface area contributed by atoms with Crippen LogP contribution >= 0.6 is 11.6 Å². The van der Waals surface area contributed by atoms with E-state index in [2.05, 4.69) is 30.9 Å². The van der Waals surface area contributed by atoms with Crippen LogP contribution in [0.3, 0.4) is 0 Å². The second-order valence-electron chi connectivity index (χ2n) is 7.94. The zero-order valence-electron chi connectivity index (χ0n) is 17.9. The maximum atomic E-state index is 6.09. The van der Waals surface area contributed by atoms with Gasteiger partial charge in [0.25, 0.3) is 0 Å². The van der Waals surface area contributed by atoms with Gasteiger partial charge in [0.05, 0.1) is 11.7 Å². The SMILES string of the molecule is Nc1ncc(-c2ccc(Cl)cc2)c([C@H]2CCCN2Cc2cccc(Oc3ncccn3)c2)n1. The van der Waals surface area contributed by atoms with Crippen molar-refractivity contribution in [2.24, 2.45) is 0 Å². The second kappa shape index (κ2) is 9.52. The smallest absolute Gasteiger partial charge is 0.321 e. The van der Waals surface area contributed by atoms with Gasteiger partial charge in [-0.3, -0.25) is 4.90 Å². The van der Waals surface area contributed by atoms with Crippen molar-refractivity contribution in [3.63, 3.8) is 0 Å². The van der Waals surface area contributed by atoms with Gasteiger partial charge in [0.2, 0.25) is 5.95 Å². The zero-order valence-corrected chi connectivity index (χ0v) is 18.7. The number of benzene rings is 2. The minimum absolute atomic E-state index is 0.142. The Morgan fingerprint density at radius 2 is 1.85 bits per heavy atom. The van der Waals surface area contributed by atoms with E-state index in [4.69, 9.17) is 22.1 Å². The molecule has 8 heteroatoms. The number of nitrogens with two attached hydrogens (primary N) is 1. The van der Waals surface area contributed by atoms with Crippen molar-refractivity contribution in [1.82, 2.24) is 24.8 Å². The lowest BCUT2D eigenvalue weighted by molar-refractivity contribution is 0.244. The van der Waals surface area contributed by atoms with Gasteiger partial charge in [-0.1, -0.05) is 35.9 Å². The summed E-state index contributed by atoms with van der Waals surface area (Å²) in [6.45, 7) is 1.74. The van der Waals surface area contributed by atoms with Crippen LogP contribution in [-0.4, -0.2) is 31.4 Å². The van der Waals surface area contributed by atoms with Crippen LogP contribution in [0.2, 0.25) is 5.02 Å². The van der Waals surface area contributed by atoms with E-state index < -0.39 is 0 Å². The van der Waals surface area contributed by atoms with Crippen molar-refractivity contribution in [3.8, 4) is 22.9 Å². The number of rotatable bonds is 6. The molecule has 1 aliphatic heterocycles. The van der Waals surface area contributed by atoms with Gasteiger partial charge in [-0.2, -0.15) is 0 Å². The van der Waals surface area contributed by atoms with Gasteiger partial charge >= 0.3 is 6.01 Å². The van der Waals surface area contributed by atoms with Crippen molar-refractivity contribution in [1.29, 1.82) is 0 Å². The number of hydrogen-bond acceptors (Lipinski definition) is 7. The fourth-order valence-corrected chi connectivity index (χ4v) is 4.35. The summed E-state index contributed by atoms with van der Waals surface area (Å²) in [5, 5.41) is 0.696. The van der Waals surface area contributed by atoms with Crippen LogP contribution in [0.1, 0.15) is 30.1 Å². The topological polar surface area (TPSA) is 90.0 Å². The first-order valence-corrected chi connectivity index (χ1v) is 11.2. The molecule has 33 heavy (non-hydrogen) atoms. The molecule has 2 aromatic heterocycles. The minimum atomic E-state index is 0.142. The number of likely N-dealkylation sites (tertiary alicyclic amines) is 1. The molecule has 3 heterocycles. The third-order valence-corrected chi connectivity index (χ3v) is 5.96. The third kappa shape index (κ3) is 4.94. The summed E-state index contributed by atoms with van der Waals surface area (Å²) in [7, 11) is 0. The largest absolute Gasteiger partial charge is 0.424 e. The van der Waals surface area contributed by atoms with Crippen LogP contribution in [0.5, 0.6) is 11.8 Å². The maximum absolute atomic E-state index is 6.09. The summed E-state index contributed by atoms with van der Waals surface area (Å²) in [4.78, 5) is 19.6. The van der Waals surface area contributed by atoms with Crippen molar-refractivity contribution in [3.05, 3.63) is 89.5 Å². The fourth-order valence-electron chi connectivity index (χ4n) is 4.23. The van der Waals surface area contributed by atoms with Crippen LogP contribution in [0.4, 0.5) is 5.95 Å². The minimum Gasteiger partial charge on any atom is -0.424 e. The number of aromatic nitrogens is 4. The average Bonchev–Trinajstić information content (AvgIpc) is 3.28. The van der Waals surface area contributed by atoms with Gasteiger partial charge in [-0.25, -0.2) is 19.9 Å². The van der Waals surface area contributed by atoms with E-state index in [0.717, 1.165) is 48.3 Å². The third-order valence-electron chi connectivity index (χ3n) is 5.71. The van der Waals surface area contributed by atoms with E-state index in [-0.39, 0.29) is 12.0 Å². The lowest BCUT2D eigenvalue weighted by atomic mass is 9.99. The highest BCUT2D eigenvalue weighted by Gasteiger charge is 2.30. The van der Waals surface area contributed by atoms with E-state index in [1.54, 1.807) is 18.5 Å². The molecule has 166 valence electrons. The van der Waals surface area contributed by atoms with Crippen LogP contribution < -0.4 is 10.5 Å². The van der Waals surface area contributed by atoms with E-state index in [0.29, 0.717) is 16.8 Å². The molecule has 0 unspecified atom stereocenters. The molecule has 5 rings (SSSR count). The summed E-state index contributed by atoms with van der Waals surface area (Å²) in [5.74, 6) is 0.996. The highest BCUT2D eigenvalue weighted by Crippen LogP contribution is 2.38. The maximum Gasteiger partial charge on any atom is 0.321 e. The molecule has 2 N–H and O–H groups in total. The Morgan fingerprint density at radius 1 is 1.03 bits per heavy atom. The Hall–Kier alpha value is -3.55. The number of ether oxygens (including phenoxy) is 1. The molecule has 1 fully saturated rings. The summed E-state index contributed by atoms with van der Waals surface area (Å²) >= 11 is 6.09. The molecule has 1 atom stereocenters. The molecule has 0 radical (unpaired) electrons. The first kappa shape index (κ1) is 21.3.